The van der Waals surface area contributed by atoms with Crippen LogP contribution in [0.25, 0.3) is 0 Å². The Kier molecular flexibility index (Phi) is 5.64. The Hall–Kier alpha value is -1.59. The number of hydrogen-bond acceptors (Lipinski definition) is 4. The molecule has 0 fully saturated rings. The average molecular weight is 358 g/mol. The summed E-state index contributed by atoms with van der Waals surface area (Å²) in [5.41, 5.74) is 6.33. The molecule has 0 bridgehead atoms. The summed E-state index contributed by atoms with van der Waals surface area (Å²) in [6, 6.07) is 6.55. The van der Waals surface area contributed by atoms with E-state index in [1.165, 1.54) is 27.9 Å². The zero-order valence-electron chi connectivity index (χ0n) is 15.6. The van der Waals surface area contributed by atoms with Gasteiger partial charge in [-0.05, 0) is 58.3 Å². The first-order chi connectivity index (χ1) is 12.0. The maximum Gasteiger partial charge on any atom is 0.348 e. The van der Waals surface area contributed by atoms with E-state index in [2.05, 4.69) is 41.9 Å². The van der Waals surface area contributed by atoms with Gasteiger partial charge in [0, 0.05) is 30.1 Å². The molecular formula is C20H27N3OS. The molecule has 1 aliphatic rings. The summed E-state index contributed by atoms with van der Waals surface area (Å²) in [5, 5.41) is 0.944. The van der Waals surface area contributed by atoms with Crippen molar-refractivity contribution in [2.45, 2.75) is 50.4 Å². The predicted molar refractivity (Wildman–Crippen MR) is 105 cm³/mol. The Morgan fingerprint density at radius 1 is 1.24 bits per heavy atom. The minimum Gasteiger partial charge on any atom is -0.308 e. The maximum absolute atomic E-state index is 12.6. The van der Waals surface area contributed by atoms with Gasteiger partial charge in [-0.1, -0.05) is 23.8 Å². The van der Waals surface area contributed by atoms with Gasteiger partial charge in [0.15, 0.2) is 0 Å². The maximum atomic E-state index is 12.6. The highest BCUT2D eigenvalue weighted by atomic mass is 32.2. The van der Waals surface area contributed by atoms with E-state index in [9.17, 15) is 4.79 Å². The highest BCUT2D eigenvalue weighted by Crippen LogP contribution is 2.31. The zero-order chi connectivity index (χ0) is 18.0. The normalized spacial score (nSPS) is 13.5. The summed E-state index contributed by atoms with van der Waals surface area (Å²) < 4.78 is 1.89. The van der Waals surface area contributed by atoms with Gasteiger partial charge in [0.2, 0.25) is 0 Å². The first-order valence-electron chi connectivity index (χ1n) is 8.92. The Morgan fingerprint density at radius 3 is 2.80 bits per heavy atom. The third kappa shape index (κ3) is 4.15. The lowest BCUT2D eigenvalue weighted by molar-refractivity contribution is 0.375. The van der Waals surface area contributed by atoms with Crippen LogP contribution >= 0.6 is 11.8 Å². The molecule has 3 rings (SSSR count). The molecule has 0 saturated carbocycles. The van der Waals surface area contributed by atoms with Crippen LogP contribution in [0.4, 0.5) is 0 Å². The topological polar surface area (TPSA) is 38.1 Å². The van der Waals surface area contributed by atoms with Gasteiger partial charge in [0.25, 0.3) is 0 Å². The van der Waals surface area contributed by atoms with Crippen molar-refractivity contribution < 1.29 is 0 Å². The average Bonchev–Trinajstić information content (AvgIpc) is 3.04. The fourth-order valence-electron chi connectivity index (χ4n) is 3.34. The number of thioether (sulfide) groups is 1. The molecule has 1 aromatic heterocycles. The van der Waals surface area contributed by atoms with Gasteiger partial charge < -0.3 is 4.90 Å². The van der Waals surface area contributed by atoms with Gasteiger partial charge in [-0.15, -0.1) is 11.8 Å². The van der Waals surface area contributed by atoms with E-state index in [4.69, 9.17) is 0 Å². The minimum absolute atomic E-state index is 0.0917. The molecule has 25 heavy (non-hydrogen) atoms. The van der Waals surface area contributed by atoms with Crippen LogP contribution < -0.4 is 5.69 Å². The highest BCUT2D eigenvalue weighted by molar-refractivity contribution is 7.98. The summed E-state index contributed by atoms with van der Waals surface area (Å²) in [5.74, 6) is 0.869. The van der Waals surface area contributed by atoms with Gasteiger partial charge >= 0.3 is 5.69 Å². The van der Waals surface area contributed by atoms with Crippen LogP contribution in [0, 0.1) is 13.8 Å². The van der Waals surface area contributed by atoms with E-state index in [1.807, 2.05) is 18.7 Å². The molecule has 2 aromatic rings. The fraction of sp³-hybridized carbons (Fsp3) is 0.500. The second-order valence-corrected chi connectivity index (χ2v) is 8.12. The van der Waals surface area contributed by atoms with Crippen LogP contribution in [0.1, 0.15) is 34.4 Å². The standard InChI is InChI=1S/C20H27N3OS/c1-14-8-9-15(2)16(12-14)13-25-19-17-6-5-7-18(17)23(20(24)21-19)11-10-22(3)4/h8-9,12H,5-7,10-11,13H2,1-4H3. The second-order valence-electron chi connectivity index (χ2n) is 7.15. The van der Waals surface area contributed by atoms with Gasteiger partial charge in [-0.25, -0.2) is 4.79 Å². The van der Waals surface area contributed by atoms with Crippen molar-refractivity contribution in [2.75, 3.05) is 20.6 Å². The highest BCUT2D eigenvalue weighted by Gasteiger charge is 2.22. The molecule has 134 valence electrons. The van der Waals surface area contributed by atoms with Crippen molar-refractivity contribution in [3.05, 3.63) is 56.6 Å². The Bertz CT molecular complexity index is 826. The van der Waals surface area contributed by atoms with Gasteiger partial charge in [-0.3, -0.25) is 4.57 Å². The molecular weight excluding hydrogens is 330 g/mol. The number of aryl methyl sites for hydroxylation is 2. The van der Waals surface area contributed by atoms with Crippen molar-refractivity contribution in [3.8, 4) is 0 Å². The van der Waals surface area contributed by atoms with Gasteiger partial charge in [0.1, 0.15) is 5.03 Å². The molecule has 4 nitrogen and oxygen atoms in total. The molecule has 0 spiro atoms. The monoisotopic (exact) mass is 357 g/mol. The van der Waals surface area contributed by atoms with Gasteiger partial charge in [0.05, 0.1) is 0 Å². The molecule has 1 aromatic carbocycles. The predicted octanol–water partition coefficient (Wildman–Crippen LogP) is 3.20. The Balaban J connectivity index is 1.85. The van der Waals surface area contributed by atoms with Crippen LogP contribution in [0.2, 0.25) is 0 Å². The van der Waals surface area contributed by atoms with E-state index >= 15 is 0 Å². The van der Waals surface area contributed by atoms with Crippen LogP contribution in [-0.4, -0.2) is 35.1 Å². The number of aromatic nitrogens is 2. The zero-order valence-corrected chi connectivity index (χ0v) is 16.4. The lowest BCUT2D eigenvalue weighted by Crippen LogP contribution is -2.31. The summed E-state index contributed by atoms with van der Waals surface area (Å²) >= 11 is 1.71. The van der Waals surface area contributed by atoms with Crippen molar-refractivity contribution in [3.63, 3.8) is 0 Å². The van der Waals surface area contributed by atoms with Crippen LogP contribution in [-0.2, 0) is 25.1 Å². The first-order valence-corrected chi connectivity index (χ1v) is 9.90. The quantitative estimate of drug-likeness (QED) is 0.588. The number of likely N-dealkylation sites (N-methyl/N-ethyl adjacent to an activating group) is 1. The van der Waals surface area contributed by atoms with E-state index in [0.717, 1.165) is 43.1 Å². The summed E-state index contributed by atoms with van der Waals surface area (Å²) in [6.45, 7) is 5.86. The molecule has 1 aliphatic carbocycles. The van der Waals surface area contributed by atoms with Gasteiger partial charge in [-0.2, -0.15) is 4.98 Å². The van der Waals surface area contributed by atoms with E-state index in [0.29, 0.717) is 0 Å². The number of benzene rings is 1. The molecule has 1 heterocycles. The third-order valence-corrected chi connectivity index (χ3v) is 5.91. The Morgan fingerprint density at radius 2 is 2.04 bits per heavy atom. The molecule has 5 heteroatoms. The molecule has 0 saturated heterocycles. The van der Waals surface area contributed by atoms with Crippen molar-refractivity contribution in [2.24, 2.45) is 0 Å². The van der Waals surface area contributed by atoms with Crippen LogP contribution in [0.5, 0.6) is 0 Å². The van der Waals surface area contributed by atoms with Crippen LogP contribution in [0.3, 0.4) is 0 Å². The van der Waals surface area contributed by atoms with E-state index < -0.39 is 0 Å². The SMILES string of the molecule is Cc1ccc(C)c(CSc2nc(=O)n(CCN(C)C)c3c2CCC3)c1. The molecule has 0 aliphatic heterocycles. The molecule has 0 atom stereocenters. The molecule has 0 unspecified atom stereocenters. The van der Waals surface area contributed by atoms with Crippen molar-refractivity contribution in [1.29, 1.82) is 0 Å². The lowest BCUT2D eigenvalue weighted by Gasteiger charge is -2.16. The van der Waals surface area contributed by atoms with Crippen molar-refractivity contribution in [1.82, 2.24) is 14.5 Å². The van der Waals surface area contributed by atoms with Crippen molar-refractivity contribution >= 4 is 11.8 Å². The lowest BCUT2D eigenvalue weighted by atomic mass is 10.1. The minimum atomic E-state index is -0.0917. The molecule has 0 N–H and O–H groups in total. The number of fused-ring (bicyclic) bond motifs is 1. The number of hydrogen-bond donors (Lipinski definition) is 0. The summed E-state index contributed by atoms with van der Waals surface area (Å²) in [6.07, 6.45) is 3.16. The fourth-order valence-corrected chi connectivity index (χ4v) is 4.48. The number of nitrogens with zero attached hydrogens (tertiary/aromatic N) is 3. The second kappa shape index (κ2) is 7.75. The van der Waals surface area contributed by atoms with E-state index in [1.54, 1.807) is 11.8 Å². The largest absolute Gasteiger partial charge is 0.348 e. The Labute approximate surface area is 154 Å². The first kappa shape index (κ1) is 18.2. The van der Waals surface area contributed by atoms with Crippen LogP contribution in [0.15, 0.2) is 28.0 Å². The molecule has 0 amide bonds. The molecule has 0 radical (unpaired) electrons. The number of rotatable bonds is 6. The summed E-state index contributed by atoms with van der Waals surface area (Å²) in [7, 11) is 4.07. The smallest absolute Gasteiger partial charge is 0.308 e. The van der Waals surface area contributed by atoms with E-state index in [-0.39, 0.29) is 5.69 Å². The third-order valence-electron chi connectivity index (χ3n) is 4.84. The summed E-state index contributed by atoms with van der Waals surface area (Å²) in [4.78, 5) is 19.1.